The van der Waals surface area contributed by atoms with Gasteiger partial charge in [0.15, 0.2) is 0 Å². The van der Waals surface area contributed by atoms with Gasteiger partial charge in [-0.2, -0.15) is 0 Å². The average Bonchev–Trinajstić information content (AvgIpc) is 2.36. The van der Waals surface area contributed by atoms with Crippen LogP contribution >= 0.6 is 0 Å². The van der Waals surface area contributed by atoms with Crippen LogP contribution in [0.25, 0.3) is 0 Å². The highest BCUT2D eigenvalue weighted by Crippen LogP contribution is 2.18. The third-order valence-electron chi connectivity index (χ3n) is 2.75. The van der Waals surface area contributed by atoms with E-state index in [9.17, 15) is 4.79 Å². The lowest BCUT2D eigenvalue weighted by molar-refractivity contribution is -0.116. The summed E-state index contributed by atoms with van der Waals surface area (Å²) in [4.78, 5) is 11.9. The summed E-state index contributed by atoms with van der Waals surface area (Å²) < 4.78 is 5.65. The largest absolute Gasteiger partial charge is 0.493 e. The normalized spacial score (nSPS) is 12.2. The summed E-state index contributed by atoms with van der Waals surface area (Å²) in [5.74, 6) is 1.28. The van der Waals surface area contributed by atoms with Crippen LogP contribution in [0, 0.1) is 5.92 Å². The Morgan fingerprint density at radius 1 is 1.30 bits per heavy atom. The Morgan fingerprint density at radius 2 is 2.05 bits per heavy atom. The molecule has 0 aliphatic carbocycles. The lowest BCUT2D eigenvalue weighted by atomic mass is 10.2. The molecule has 4 nitrogen and oxygen atoms in total. The van der Waals surface area contributed by atoms with Gasteiger partial charge in [0.05, 0.1) is 6.61 Å². The second-order valence-corrected chi connectivity index (χ2v) is 5.44. The van der Waals surface area contributed by atoms with Crippen molar-refractivity contribution in [3.05, 3.63) is 24.3 Å². The molecule has 4 heteroatoms. The summed E-state index contributed by atoms with van der Waals surface area (Å²) in [5, 5.41) is 6.12. The number of nitrogens with one attached hydrogen (secondary N) is 2. The van der Waals surface area contributed by atoms with Gasteiger partial charge in [0.2, 0.25) is 5.91 Å². The Balaban J connectivity index is 2.50. The van der Waals surface area contributed by atoms with Crippen LogP contribution in [0.2, 0.25) is 0 Å². The van der Waals surface area contributed by atoms with E-state index in [1.54, 1.807) is 0 Å². The SMILES string of the molecule is CCNC(C)CC(=O)Nc1cccc(OCC(C)C)c1. The monoisotopic (exact) mass is 278 g/mol. The maximum atomic E-state index is 11.9. The first-order valence-electron chi connectivity index (χ1n) is 7.27. The van der Waals surface area contributed by atoms with E-state index >= 15 is 0 Å². The van der Waals surface area contributed by atoms with Gasteiger partial charge >= 0.3 is 0 Å². The summed E-state index contributed by atoms with van der Waals surface area (Å²) in [6.45, 7) is 9.79. The fourth-order valence-electron chi connectivity index (χ4n) is 1.84. The van der Waals surface area contributed by atoms with Crippen molar-refractivity contribution in [3.8, 4) is 5.75 Å². The van der Waals surface area contributed by atoms with Gasteiger partial charge in [-0.3, -0.25) is 4.79 Å². The molecule has 1 atom stereocenters. The minimum Gasteiger partial charge on any atom is -0.493 e. The molecule has 1 unspecified atom stereocenters. The van der Waals surface area contributed by atoms with E-state index in [-0.39, 0.29) is 11.9 Å². The van der Waals surface area contributed by atoms with Crippen LogP contribution in [0.4, 0.5) is 5.69 Å². The van der Waals surface area contributed by atoms with Crippen molar-refractivity contribution in [1.82, 2.24) is 5.32 Å². The van der Waals surface area contributed by atoms with Crippen molar-refractivity contribution >= 4 is 11.6 Å². The number of ether oxygens (including phenoxy) is 1. The van der Waals surface area contributed by atoms with E-state index in [0.717, 1.165) is 18.0 Å². The number of carbonyl (C=O) groups is 1. The molecule has 1 amide bonds. The predicted octanol–water partition coefficient (Wildman–Crippen LogP) is 3.05. The van der Waals surface area contributed by atoms with E-state index in [0.29, 0.717) is 18.9 Å². The second-order valence-electron chi connectivity index (χ2n) is 5.44. The van der Waals surface area contributed by atoms with Gasteiger partial charge < -0.3 is 15.4 Å². The Labute approximate surface area is 121 Å². The summed E-state index contributed by atoms with van der Waals surface area (Å²) in [6, 6.07) is 7.70. The molecule has 0 saturated carbocycles. The Hall–Kier alpha value is -1.55. The molecular formula is C16H26N2O2. The van der Waals surface area contributed by atoms with Gasteiger partial charge in [0.1, 0.15) is 5.75 Å². The van der Waals surface area contributed by atoms with Crippen LogP contribution in [-0.4, -0.2) is 25.1 Å². The van der Waals surface area contributed by atoms with Gasteiger partial charge in [-0.25, -0.2) is 0 Å². The molecule has 1 rings (SSSR count). The molecule has 0 aliphatic heterocycles. The second kappa shape index (κ2) is 8.59. The fourth-order valence-corrected chi connectivity index (χ4v) is 1.84. The van der Waals surface area contributed by atoms with Crippen LogP contribution < -0.4 is 15.4 Å². The molecule has 0 bridgehead atoms. The quantitative estimate of drug-likeness (QED) is 0.768. The van der Waals surface area contributed by atoms with Crippen molar-refractivity contribution < 1.29 is 9.53 Å². The highest BCUT2D eigenvalue weighted by Gasteiger charge is 2.08. The molecule has 0 saturated heterocycles. The standard InChI is InChI=1S/C16H26N2O2/c1-5-17-13(4)9-16(19)18-14-7-6-8-15(10-14)20-11-12(2)3/h6-8,10,12-13,17H,5,9,11H2,1-4H3,(H,18,19). The average molecular weight is 278 g/mol. The molecule has 0 spiro atoms. The number of hydrogen-bond donors (Lipinski definition) is 2. The molecule has 0 fully saturated rings. The van der Waals surface area contributed by atoms with Gasteiger partial charge in [0.25, 0.3) is 0 Å². The molecule has 1 aromatic rings. The first-order valence-corrected chi connectivity index (χ1v) is 7.27. The summed E-state index contributed by atoms with van der Waals surface area (Å²) in [7, 11) is 0. The minimum atomic E-state index is 0.0134. The molecule has 20 heavy (non-hydrogen) atoms. The van der Waals surface area contributed by atoms with E-state index < -0.39 is 0 Å². The zero-order valence-corrected chi connectivity index (χ0v) is 12.9. The van der Waals surface area contributed by atoms with Crippen molar-refractivity contribution in [3.63, 3.8) is 0 Å². The molecule has 0 aliphatic rings. The van der Waals surface area contributed by atoms with Crippen LogP contribution in [0.3, 0.4) is 0 Å². The Kier molecular flexibility index (Phi) is 7.09. The number of carbonyl (C=O) groups excluding carboxylic acids is 1. The highest BCUT2D eigenvalue weighted by molar-refractivity contribution is 5.91. The van der Waals surface area contributed by atoms with Crippen molar-refractivity contribution in [1.29, 1.82) is 0 Å². The molecule has 0 aromatic heterocycles. The van der Waals surface area contributed by atoms with Crippen molar-refractivity contribution in [2.75, 3.05) is 18.5 Å². The maximum Gasteiger partial charge on any atom is 0.225 e. The maximum absolute atomic E-state index is 11.9. The highest BCUT2D eigenvalue weighted by atomic mass is 16.5. The molecule has 0 heterocycles. The van der Waals surface area contributed by atoms with Crippen LogP contribution in [0.15, 0.2) is 24.3 Å². The fraction of sp³-hybridized carbons (Fsp3) is 0.562. The lowest BCUT2D eigenvalue weighted by Crippen LogP contribution is -2.30. The number of amides is 1. The van der Waals surface area contributed by atoms with E-state index in [1.807, 2.05) is 38.1 Å². The Bertz CT molecular complexity index is 419. The van der Waals surface area contributed by atoms with E-state index in [1.165, 1.54) is 0 Å². The van der Waals surface area contributed by atoms with Gasteiger partial charge in [-0.05, 0) is 31.5 Å². The first-order chi connectivity index (χ1) is 9.51. The molecule has 112 valence electrons. The number of rotatable bonds is 8. The van der Waals surface area contributed by atoms with Crippen molar-refractivity contribution in [2.45, 2.75) is 40.2 Å². The zero-order valence-electron chi connectivity index (χ0n) is 12.9. The number of benzene rings is 1. The smallest absolute Gasteiger partial charge is 0.225 e. The number of hydrogen-bond acceptors (Lipinski definition) is 3. The lowest BCUT2D eigenvalue weighted by Gasteiger charge is -2.13. The Morgan fingerprint density at radius 3 is 2.70 bits per heavy atom. The topological polar surface area (TPSA) is 50.4 Å². The minimum absolute atomic E-state index is 0.0134. The molecular weight excluding hydrogens is 252 g/mol. The van der Waals surface area contributed by atoms with Crippen LogP contribution in [0.5, 0.6) is 5.75 Å². The first kappa shape index (κ1) is 16.5. The third-order valence-corrected chi connectivity index (χ3v) is 2.75. The molecule has 2 N–H and O–H groups in total. The third kappa shape index (κ3) is 6.57. The summed E-state index contributed by atoms with van der Waals surface area (Å²) in [6.07, 6.45) is 0.463. The summed E-state index contributed by atoms with van der Waals surface area (Å²) in [5.41, 5.74) is 0.778. The van der Waals surface area contributed by atoms with Gasteiger partial charge in [-0.15, -0.1) is 0 Å². The van der Waals surface area contributed by atoms with Crippen LogP contribution in [0.1, 0.15) is 34.1 Å². The zero-order chi connectivity index (χ0) is 15.0. The van der Waals surface area contributed by atoms with E-state index in [2.05, 4.69) is 24.5 Å². The molecule has 1 aromatic carbocycles. The van der Waals surface area contributed by atoms with E-state index in [4.69, 9.17) is 4.74 Å². The predicted molar refractivity (Wildman–Crippen MR) is 83.2 cm³/mol. The van der Waals surface area contributed by atoms with Gasteiger partial charge in [0, 0.05) is 24.2 Å². The van der Waals surface area contributed by atoms with Gasteiger partial charge in [-0.1, -0.05) is 26.8 Å². The van der Waals surface area contributed by atoms with Crippen LogP contribution in [-0.2, 0) is 4.79 Å². The molecule has 0 radical (unpaired) electrons. The summed E-state index contributed by atoms with van der Waals surface area (Å²) >= 11 is 0. The number of anilines is 1. The van der Waals surface area contributed by atoms with Crippen molar-refractivity contribution in [2.24, 2.45) is 5.92 Å².